The zero-order valence-electron chi connectivity index (χ0n) is 28.2. The molecule has 274 valence electrons. The van der Waals surface area contributed by atoms with Crippen molar-refractivity contribution in [3.05, 3.63) is 0 Å². The van der Waals surface area contributed by atoms with Crippen molar-refractivity contribution >= 4 is 50.9 Å². The normalized spacial score (nSPS) is 13.0. The molecule has 0 aromatic carbocycles. The Morgan fingerprint density at radius 2 is 0.545 bits per heavy atom. The van der Waals surface area contributed by atoms with Gasteiger partial charge in [0.1, 0.15) is 0 Å². The quantitative estimate of drug-likeness (QED) is 0.0674. The molecule has 0 heterocycles. The van der Waals surface area contributed by atoms with Crippen LogP contribution >= 0.6 is 0 Å². The first-order valence-electron chi connectivity index (χ1n) is 14.3. The largest absolute Gasteiger partial charge is 0.499 e. The molecule has 0 atom stereocenters. The van der Waals surface area contributed by atoms with Crippen LogP contribution in [0.5, 0.6) is 0 Å². The molecule has 0 fully saturated rings. The third kappa shape index (κ3) is 22.5. The fraction of sp³-hybridized carbons (Fsp3) is 1.00. The summed E-state index contributed by atoms with van der Waals surface area (Å²) in [5, 5.41) is 0. The molecule has 16 heteroatoms. The van der Waals surface area contributed by atoms with Gasteiger partial charge in [-0.25, -0.2) is 0 Å². The third-order valence-electron chi connectivity index (χ3n) is 7.11. The highest BCUT2D eigenvalue weighted by Gasteiger charge is 2.43. The molecular weight excluding hydrogens is 665 g/mol. The molecule has 0 saturated carbocycles. The van der Waals surface area contributed by atoms with Crippen molar-refractivity contribution in [2.45, 2.75) is 118 Å². The van der Waals surface area contributed by atoms with E-state index in [1.165, 1.54) is 0 Å². The van der Waals surface area contributed by atoms with Gasteiger partial charge in [0.2, 0.25) is 0 Å². The van der Waals surface area contributed by atoms with Crippen LogP contribution in [0.15, 0.2) is 0 Å². The van der Waals surface area contributed by atoms with E-state index in [1.807, 2.05) is 0 Å². The topological polar surface area (TPSA) is 92.3 Å². The van der Waals surface area contributed by atoms with Crippen LogP contribution in [0.4, 0.5) is 0 Å². The zero-order valence-corrected chi connectivity index (χ0v) is 34.2. The number of hydrogen-bond acceptors (Lipinski definition) is 10. The molecule has 44 heavy (non-hydrogen) atoms. The van der Waals surface area contributed by atoms with Crippen LogP contribution in [0.25, 0.3) is 0 Å². The van der Waals surface area contributed by atoms with Crippen molar-refractivity contribution in [2.75, 3.05) is 69.1 Å². The minimum Gasteiger partial charge on any atom is -0.455 e. The molecular formula is C28H78O10Si6. The van der Waals surface area contributed by atoms with Crippen molar-refractivity contribution < 1.29 is 44.3 Å². The predicted molar refractivity (Wildman–Crippen MR) is 203 cm³/mol. The van der Waals surface area contributed by atoms with Crippen LogP contribution in [-0.4, -0.2) is 120 Å². The van der Waals surface area contributed by atoms with Crippen molar-refractivity contribution in [3.8, 4) is 0 Å². The summed E-state index contributed by atoms with van der Waals surface area (Å²) in [6.07, 6.45) is 0. The highest BCUT2D eigenvalue weighted by atomic mass is 28.4. The number of rotatable bonds is 25. The molecule has 0 aliphatic heterocycles. The van der Waals surface area contributed by atoms with Crippen molar-refractivity contribution in [2.24, 2.45) is 0 Å². The van der Waals surface area contributed by atoms with Crippen molar-refractivity contribution in [1.29, 1.82) is 0 Å². The van der Waals surface area contributed by atoms with Gasteiger partial charge in [-0.3, -0.25) is 0 Å². The van der Waals surface area contributed by atoms with Crippen LogP contribution in [0.3, 0.4) is 0 Å². The van der Waals surface area contributed by atoms with E-state index in [9.17, 15) is 0 Å². The maximum Gasteiger partial charge on any atom is 0.499 e. The van der Waals surface area contributed by atoms with E-state index in [0.29, 0.717) is 26.4 Å². The summed E-state index contributed by atoms with van der Waals surface area (Å²) in [6.45, 7) is 20.7. The summed E-state index contributed by atoms with van der Waals surface area (Å²) in [6, 6.07) is 5.35. The Morgan fingerprint density at radius 1 is 0.318 bits per heavy atom. The second-order valence-electron chi connectivity index (χ2n) is 12.6. The summed E-state index contributed by atoms with van der Waals surface area (Å²) in [5.41, 5.74) is 0. The standard InChI is InChI=1S/C24H62O10Si6.4CH4/c1-25-39(26-2,27-3)23-21-37(11,12)33-35(7,8)19-17-31-15-16-32-18-20-36(9,10)34-38(13,14)22-24-40(28-4,29-5)30-6;;;;/h15-24H2,1-14H3;4*1H4. The number of ether oxygens (including phenoxy) is 2. The minimum atomic E-state index is -2.57. The predicted octanol–water partition coefficient (Wildman–Crippen LogP) is 8.17. The molecule has 0 spiro atoms. The zero-order chi connectivity index (χ0) is 31.1. The van der Waals surface area contributed by atoms with Crippen molar-refractivity contribution in [3.63, 3.8) is 0 Å². The van der Waals surface area contributed by atoms with E-state index >= 15 is 0 Å². The van der Waals surface area contributed by atoms with E-state index in [-0.39, 0.29) is 29.7 Å². The molecule has 0 aromatic rings. The summed E-state index contributed by atoms with van der Waals surface area (Å²) in [5.74, 6) is 0. The summed E-state index contributed by atoms with van der Waals surface area (Å²) < 4.78 is 58.7. The van der Waals surface area contributed by atoms with Gasteiger partial charge >= 0.3 is 17.6 Å². The first-order chi connectivity index (χ1) is 18.4. The second-order valence-corrected chi connectivity index (χ2v) is 36.5. The molecule has 0 rings (SSSR count). The first-order valence-corrected chi connectivity index (χ1v) is 30.6. The maximum atomic E-state index is 6.73. The van der Waals surface area contributed by atoms with Gasteiger partial charge in [-0.05, 0) is 76.6 Å². The molecule has 0 N–H and O–H groups in total. The molecule has 0 aliphatic rings. The maximum absolute atomic E-state index is 6.73. The van der Waals surface area contributed by atoms with Gasteiger partial charge in [0.05, 0.1) is 13.2 Å². The Labute approximate surface area is 281 Å². The third-order valence-corrected chi connectivity index (χ3v) is 28.1. The van der Waals surface area contributed by atoms with Crippen LogP contribution in [0.2, 0.25) is 88.6 Å². The van der Waals surface area contributed by atoms with Gasteiger partial charge in [-0.15, -0.1) is 0 Å². The van der Waals surface area contributed by atoms with Crippen LogP contribution in [0.1, 0.15) is 29.7 Å². The van der Waals surface area contributed by atoms with E-state index in [4.69, 9.17) is 44.3 Å². The molecule has 0 radical (unpaired) electrons. The molecule has 0 aliphatic carbocycles. The molecule has 0 unspecified atom stereocenters. The molecule has 0 saturated heterocycles. The fourth-order valence-electron chi connectivity index (χ4n) is 4.68. The van der Waals surface area contributed by atoms with E-state index < -0.39 is 50.9 Å². The van der Waals surface area contributed by atoms with Crippen LogP contribution < -0.4 is 0 Å². The molecule has 0 bridgehead atoms. The first kappa shape index (κ1) is 54.4. The van der Waals surface area contributed by atoms with Gasteiger partial charge in [0.15, 0.2) is 33.3 Å². The highest BCUT2D eigenvalue weighted by molar-refractivity contribution is 6.86. The average molecular weight is 743 g/mol. The number of hydrogen-bond donors (Lipinski definition) is 0. The summed E-state index contributed by atoms with van der Waals surface area (Å²) in [4.78, 5) is 0. The molecule has 10 nitrogen and oxygen atoms in total. The van der Waals surface area contributed by atoms with Gasteiger partial charge in [-0.1, -0.05) is 29.7 Å². The monoisotopic (exact) mass is 742 g/mol. The fourth-order valence-corrected chi connectivity index (χ4v) is 29.0. The molecule has 0 amide bonds. The lowest BCUT2D eigenvalue weighted by molar-refractivity contribution is 0.0567. The lowest BCUT2D eigenvalue weighted by atomic mass is 10.7. The van der Waals surface area contributed by atoms with Crippen LogP contribution in [0, 0.1) is 0 Å². The Balaban J connectivity index is -0.00000127. The highest BCUT2D eigenvalue weighted by Crippen LogP contribution is 2.28. The summed E-state index contributed by atoms with van der Waals surface area (Å²) >= 11 is 0. The summed E-state index contributed by atoms with van der Waals surface area (Å²) in [7, 11) is -2.66. The van der Waals surface area contributed by atoms with Gasteiger partial charge in [0.25, 0.3) is 0 Å². The Morgan fingerprint density at radius 3 is 0.773 bits per heavy atom. The lowest BCUT2D eigenvalue weighted by Gasteiger charge is -2.35. The van der Waals surface area contributed by atoms with Gasteiger partial charge < -0.3 is 44.3 Å². The Kier molecular flexibility index (Phi) is 30.8. The average Bonchev–Trinajstić information content (AvgIpc) is 2.86. The van der Waals surface area contributed by atoms with E-state index in [1.54, 1.807) is 42.7 Å². The lowest BCUT2D eigenvalue weighted by Crippen LogP contribution is -2.48. The second kappa shape index (κ2) is 25.0. The minimum absolute atomic E-state index is 0. The van der Waals surface area contributed by atoms with E-state index in [2.05, 4.69) is 52.4 Å². The Hall–Kier alpha value is 0.901. The SMILES string of the molecule is C.C.C.C.CO[Si](CC[Si](C)(C)O[Si](C)(C)CCOCCOCC[Si](C)(C)O[Si](C)(C)CC[Si](OC)(OC)OC)(OC)OC. The van der Waals surface area contributed by atoms with Crippen molar-refractivity contribution in [1.82, 2.24) is 0 Å². The molecule has 0 aromatic heterocycles. The van der Waals surface area contributed by atoms with Gasteiger partial charge in [-0.2, -0.15) is 0 Å². The smallest absolute Gasteiger partial charge is 0.455 e. The van der Waals surface area contributed by atoms with Crippen LogP contribution in [-0.2, 0) is 44.3 Å². The van der Waals surface area contributed by atoms with E-state index in [0.717, 1.165) is 36.3 Å². The Bertz CT molecular complexity index is 607. The van der Waals surface area contributed by atoms with Gasteiger partial charge in [0, 0.05) is 68.0 Å².